The lowest BCUT2D eigenvalue weighted by Crippen LogP contribution is -2.33. The third-order valence-corrected chi connectivity index (χ3v) is 3.48. The van der Waals surface area contributed by atoms with Crippen LogP contribution in [0.1, 0.15) is 30.5 Å². The lowest BCUT2D eigenvalue weighted by Gasteiger charge is -2.12. The first-order chi connectivity index (χ1) is 11.1. The average molecular weight is 310 g/mol. The number of aryl methyl sites for hydroxylation is 2. The second kappa shape index (κ2) is 8.13. The molecule has 120 valence electrons. The van der Waals surface area contributed by atoms with Crippen LogP contribution >= 0.6 is 0 Å². The van der Waals surface area contributed by atoms with E-state index < -0.39 is 6.10 Å². The molecule has 0 aliphatic heterocycles. The lowest BCUT2D eigenvalue weighted by molar-refractivity contribution is -0.127. The van der Waals surface area contributed by atoms with Crippen LogP contribution in [0.3, 0.4) is 0 Å². The Labute approximate surface area is 137 Å². The van der Waals surface area contributed by atoms with E-state index in [9.17, 15) is 4.79 Å². The van der Waals surface area contributed by atoms with Gasteiger partial charge in [0, 0.05) is 0 Å². The van der Waals surface area contributed by atoms with Gasteiger partial charge in [0.2, 0.25) is 0 Å². The molecule has 0 aliphatic rings. The van der Waals surface area contributed by atoms with Crippen LogP contribution in [0.2, 0.25) is 0 Å². The quantitative estimate of drug-likeness (QED) is 0.656. The van der Waals surface area contributed by atoms with Gasteiger partial charge in [0.25, 0.3) is 5.91 Å². The van der Waals surface area contributed by atoms with Crippen molar-refractivity contribution < 1.29 is 9.53 Å². The van der Waals surface area contributed by atoms with E-state index in [1.54, 1.807) is 13.1 Å². The normalized spacial score (nSPS) is 12.1. The van der Waals surface area contributed by atoms with E-state index in [-0.39, 0.29) is 5.91 Å². The molecule has 0 spiro atoms. The first kappa shape index (κ1) is 16.7. The summed E-state index contributed by atoms with van der Waals surface area (Å²) in [5.41, 5.74) is 5.85. The second-order valence-corrected chi connectivity index (χ2v) is 5.40. The molecule has 4 heteroatoms. The number of hydrogen-bond donors (Lipinski definition) is 1. The zero-order valence-corrected chi connectivity index (χ0v) is 13.7. The fourth-order valence-corrected chi connectivity index (χ4v) is 1.98. The number of amides is 1. The number of rotatable bonds is 6. The van der Waals surface area contributed by atoms with E-state index >= 15 is 0 Å². The Hall–Kier alpha value is -2.62. The summed E-state index contributed by atoms with van der Waals surface area (Å²) in [6.45, 7) is 5.81. The highest BCUT2D eigenvalue weighted by atomic mass is 16.5. The van der Waals surface area contributed by atoms with Crippen molar-refractivity contribution in [3.63, 3.8) is 0 Å². The van der Waals surface area contributed by atoms with Crippen molar-refractivity contribution in [2.24, 2.45) is 5.10 Å². The molecule has 0 unspecified atom stereocenters. The van der Waals surface area contributed by atoms with Gasteiger partial charge in [-0.25, -0.2) is 5.43 Å². The van der Waals surface area contributed by atoms with Crippen LogP contribution in [0.25, 0.3) is 0 Å². The van der Waals surface area contributed by atoms with Gasteiger partial charge in [-0.3, -0.25) is 4.79 Å². The maximum Gasteiger partial charge on any atom is 0.280 e. The fraction of sp³-hybridized carbons (Fsp3) is 0.263. The van der Waals surface area contributed by atoms with Crippen molar-refractivity contribution in [3.8, 4) is 5.75 Å². The van der Waals surface area contributed by atoms with Crippen LogP contribution in [0, 0.1) is 6.92 Å². The minimum Gasteiger partial charge on any atom is -0.481 e. The number of ether oxygens (including phenoxy) is 1. The van der Waals surface area contributed by atoms with Crippen molar-refractivity contribution in [2.75, 3.05) is 0 Å². The average Bonchev–Trinajstić information content (AvgIpc) is 2.57. The molecule has 0 aromatic heterocycles. The number of carbonyl (C=O) groups is 1. The number of nitrogens with zero attached hydrogens (tertiary/aromatic N) is 1. The van der Waals surface area contributed by atoms with Gasteiger partial charge in [-0.05, 0) is 43.5 Å². The molecule has 0 aliphatic carbocycles. The first-order valence-corrected chi connectivity index (χ1v) is 7.73. The van der Waals surface area contributed by atoms with E-state index in [2.05, 4.69) is 17.5 Å². The molecule has 2 aromatic rings. The maximum atomic E-state index is 12.0. The third kappa shape index (κ3) is 5.25. The van der Waals surface area contributed by atoms with Gasteiger partial charge in [0.1, 0.15) is 5.75 Å². The lowest BCUT2D eigenvalue weighted by atomic mass is 10.1. The first-order valence-electron chi connectivity index (χ1n) is 7.73. The second-order valence-electron chi connectivity index (χ2n) is 5.40. The van der Waals surface area contributed by atoms with Crippen molar-refractivity contribution in [3.05, 3.63) is 65.2 Å². The SMILES string of the molecule is CCc1ccc(/C=N/NC(=O)[C@H](C)Oc2ccc(C)cc2)cc1. The molecule has 1 N–H and O–H groups in total. The van der Waals surface area contributed by atoms with Crippen LogP contribution in [-0.2, 0) is 11.2 Å². The summed E-state index contributed by atoms with van der Waals surface area (Å²) in [7, 11) is 0. The van der Waals surface area contributed by atoms with E-state index in [4.69, 9.17) is 4.74 Å². The Balaban J connectivity index is 1.85. The van der Waals surface area contributed by atoms with Crippen LogP contribution < -0.4 is 10.2 Å². The molecular formula is C19H22N2O2. The number of hydrazone groups is 1. The number of carbonyl (C=O) groups excluding carboxylic acids is 1. The Morgan fingerprint density at radius 1 is 1.17 bits per heavy atom. The van der Waals surface area contributed by atoms with Gasteiger partial charge in [-0.1, -0.05) is 48.9 Å². The zero-order valence-electron chi connectivity index (χ0n) is 13.7. The molecular weight excluding hydrogens is 288 g/mol. The van der Waals surface area contributed by atoms with Crippen molar-refractivity contribution in [1.29, 1.82) is 0 Å². The fourth-order valence-electron chi connectivity index (χ4n) is 1.98. The Morgan fingerprint density at radius 2 is 1.83 bits per heavy atom. The van der Waals surface area contributed by atoms with Crippen LogP contribution in [0.5, 0.6) is 5.75 Å². The highest BCUT2D eigenvalue weighted by molar-refractivity contribution is 5.84. The number of nitrogens with one attached hydrogen (secondary N) is 1. The van der Waals surface area contributed by atoms with Crippen molar-refractivity contribution >= 4 is 12.1 Å². The molecule has 1 amide bonds. The summed E-state index contributed by atoms with van der Waals surface area (Å²) >= 11 is 0. The smallest absolute Gasteiger partial charge is 0.280 e. The third-order valence-electron chi connectivity index (χ3n) is 3.48. The highest BCUT2D eigenvalue weighted by Crippen LogP contribution is 2.13. The minimum absolute atomic E-state index is 0.285. The van der Waals surface area contributed by atoms with E-state index in [0.717, 1.165) is 17.5 Å². The molecule has 2 aromatic carbocycles. The molecule has 23 heavy (non-hydrogen) atoms. The van der Waals surface area contributed by atoms with Crippen molar-refractivity contribution in [1.82, 2.24) is 5.43 Å². The van der Waals surface area contributed by atoms with Crippen LogP contribution in [0.15, 0.2) is 53.6 Å². The van der Waals surface area contributed by atoms with Crippen LogP contribution in [-0.4, -0.2) is 18.2 Å². The van der Waals surface area contributed by atoms with Gasteiger partial charge in [-0.15, -0.1) is 0 Å². The summed E-state index contributed by atoms with van der Waals surface area (Å²) in [6.07, 6.45) is 2.01. The van der Waals surface area contributed by atoms with Gasteiger partial charge in [0.05, 0.1) is 6.21 Å². The molecule has 2 rings (SSSR count). The molecule has 0 heterocycles. The van der Waals surface area contributed by atoms with E-state index in [1.807, 2.05) is 55.5 Å². The summed E-state index contributed by atoms with van der Waals surface area (Å²) in [5.74, 6) is 0.379. The van der Waals surface area contributed by atoms with Crippen LogP contribution in [0.4, 0.5) is 0 Å². The standard InChI is InChI=1S/C19H22N2O2/c1-4-16-7-9-17(10-8-16)13-20-21-19(22)15(3)23-18-11-5-14(2)6-12-18/h5-13,15H,4H2,1-3H3,(H,21,22)/b20-13+/t15-/m0/s1. The van der Waals surface area contributed by atoms with Gasteiger partial charge in [-0.2, -0.15) is 5.10 Å². The summed E-state index contributed by atoms with van der Waals surface area (Å²) < 4.78 is 5.58. The Morgan fingerprint density at radius 3 is 2.43 bits per heavy atom. The Bertz CT molecular complexity index is 661. The summed E-state index contributed by atoms with van der Waals surface area (Å²) in [5, 5.41) is 3.97. The predicted molar refractivity (Wildman–Crippen MR) is 92.8 cm³/mol. The largest absolute Gasteiger partial charge is 0.481 e. The molecule has 0 fully saturated rings. The summed E-state index contributed by atoms with van der Waals surface area (Å²) in [6, 6.07) is 15.6. The minimum atomic E-state index is -0.614. The van der Waals surface area contributed by atoms with Gasteiger partial charge >= 0.3 is 0 Å². The van der Waals surface area contributed by atoms with E-state index in [0.29, 0.717) is 5.75 Å². The van der Waals surface area contributed by atoms with Gasteiger partial charge < -0.3 is 4.74 Å². The molecule has 4 nitrogen and oxygen atoms in total. The molecule has 1 atom stereocenters. The molecule has 0 saturated heterocycles. The number of benzene rings is 2. The molecule has 0 radical (unpaired) electrons. The summed E-state index contributed by atoms with van der Waals surface area (Å²) in [4.78, 5) is 12.0. The van der Waals surface area contributed by atoms with Crippen molar-refractivity contribution in [2.45, 2.75) is 33.3 Å². The maximum absolute atomic E-state index is 12.0. The number of hydrogen-bond acceptors (Lipinski definition) is 3. The monoisotopic (exact) mass is 310 g/mol. The molecule has 0 saturated carbocycles. The Kier molecular flexibility index (Phi) is 5.92. The molecule has 0 bridgehead atoms. The highest BCUT2D eigenvalue weighted by Gasteiger charge is 2.13. The zero-order chi connectivity index (χ0) is 16.7. The predicted octanol–water partition coefficient (Wildman–Crippen LogP) is 3.48. The van der Waals surface area contributed by atoms with E-state index in [1.165, 1.54) is 5.56 Å². The van der Waals surface area contributed by atoms with Gasteiger partial charge in [0.15, 0.2) is 6.10 Å². The topological polar surface area (TPSA) is 50.7 Å².